The summed E-state index contributed by atoms with van der Waals surface area (Å²) in [6, 6.07) is 3.07. The smallest absolute Gasteiger partial charge is 0.316 e. The maximum atomic E-state index is 14.4. The maximum Gasteiger partial charge on any atom is 0.316 e. The van der Waals surface area contributed by atoms with Crippen LogP contribution in [0.4, 0.5) is 8.78 Å². The summed E-state index contributed by atoms with van der Waals surface area (Å²) in [5.41, 5.74) is -3.55. The molecule has 3 rings (SSSR count). The molecule has 0 amide bonds. The Morgan fingerprint density at radius 1 is 1.06 bits per heavy atom. The van der Waals surface area contributed by atoms with Crippen molar-refractivity contribution in [3.63, 3.8) is 0 Å². The van der Waals surface area contributed by atoms with Gasteiger partial charge in [0, 0.05) is 30.7 Å². The van der Waals surface area contributed by atoms with Crippen LogP contribution in [0.2, 0.25) is 0 Å². The number of Topliss-reactive ketones (excluding diaryl/α,β-unsaturated/α-hetero) is 1. The van der Waals surface area contributed by atoms with Crippen molar-refractivity contribution >= 4 is 23.7 Å². The van der Waals surface area contributed by atoms with Crippen LogP contribution in [-0.4, -0.2) is 119 Å². The average Bonchev–Trinajstić information content (AvgIpc) is 3.07. The minimum atomic E-state index is -2.02. The Hall–Kier alpha value is -2.72. The molecule has 2 aliphatic rings. The third-order valence-corrected chi connectivity index (χ3v) is 10.7. The molecule has 0 aliphatic carbocycles. The van der Waals surface area contributed by atoms with Crippen LogP contribution in [0.1, 0.15) is 80.2 Å². The first kappa shape index (κ1) is 42.7. The minimum absolute atomic E-state index is 0.0823. The summed E-state index contributed by atoms with van der Waals surface area (Å²) in [5, 5.41) is 43.1. The predicted molar refractivity (Wildman–Crippen MR) is 187 cm³/mol. The highest BCUT2D eigenvalue weighted by Gasteiger charge is 2.51. The number of halogens is 2. The number of carbonyl (C=O) groups is 2. The van der Waals surface area contributed by atoms with Gasteiger partial charge in [-0.05, 0) is 79.1 Å². The zero-order valence-corrected chi connectivity index (χ0v) is 31.7. The Morgan fingerprint density at radius 3 is 2.22 bits per heavy atom. The van der Waals surface area contributed by atoms with E-state index in [0.29, 0.717) is 6.42 Å². The van der Waals surface area contributed by atoms with Crippen molar-refractivity contribution in [1.29, 1.82) is 0 Å². The molecule has 2 fully saturated rings. The number of benzene rings is 1. The quantitative estimate of drug-likeness (QED) is 0.163. The Bertz CT molecular complexity index is 1410. The Morgan fingerprint density at radius 2 is 1.67 bits per heavy atom. The first-order valence-electron chi connectivity index (χ1n) is 17.6. The van der Waals surface area contributed by atoms with E-state index in [2.05, 4.69) is 10.2 Å². The van der Waals surface area contributed by atoms with Gasteiger partial charge in [-0.25, -0.2) is 8.78 Å². The topological polar surface area (TPSA) is 160 Å². The molecule has 12 nitrogen and oxygen atoms in total. The maximum absolute atomic E-state index is 14.4. The molecule has 51 heavy (non-hydrogen) atoms. The lowest BCUT2D eigenvalue weighted by atomic mass is 9.74. The fraction of sp³-hybridized carbons (Fsp3) is 0.730. The van der Waals surface area contributed by atoms with E-state index in [1.807, 2.05) is 25.9 Å². The van der Waals surface area contributed by atoms with Crippen LogP contribution in [-0.2, 0) is 28.5 Å². The highest BCUT2D eigenvalue weighted by atomic mass is 19.1. The first-order valence-corrected chi connectivity index (χ1v) is 17.6. The highest BCUT2D eigenvalue weighted by Crippen LogP contribution is 2.38. The second kappa shape index (κ2) is 17.4. The zero-order chi connectivity index (χ0) is 38.6. The van der Waals surface area contributed by atoms with E-state index in [1.165, 1.54) is 27.0 Å². The van der Waals surface area contributed by atoms with Crippen LogP contribution < -0.4 is 0 Å². The summed E-state index contributed by atoms with van der Waals surface area (Å²) in [7, 11) is 5.12. The van der Waals surface area contributed by atoms with Crippen molar-refractivity contribution in [1.82, 2.24) is 4.90 Å². The van der Waals surface area contributed by atoms with E-state index >= 15 is 0 Å². The van der Waals surface area contributed by atoms with E-state index in [4.69, 9.17) is 18.9 Å². The number of esters is 1. The van der Waals surface area contributed by atoms with Crippen molar-refractivity contribution in [2.75, 3.05) is 21.2 Å². The lowest BCUT2D eigenvalue weighted by Crippen LogP contribution is -2.60. The number of hydrogen-bond acceptors (Lipinski definition) is 12. The van der Waals surface area contributed by atoms with Gasteiger partial charge >= 0.3 is 5.97 Å². The number of methoxy groups -OCH3 is 1. The molecule has 13 atom stereocenters. The SMILES string of the molecule is CC[C@H]1OC(=O)[C@H](C)C(=O)[C@H](C)[C@@H](OC2OC(C)CC(N(C)C)C2O)[C@](C)(OC)C[C@@H](C)/C(=N\N=C\c2c(F)cccc2F)[C@H](C)[C@@H](O)[C@]1(C)O. The van der Waals surface area contributed by atoms with Gasteiger partial charge in [0.2, 0.25) is 0 Å². The molecule has 0 spiro atoms. The van der Waals surface area contributed by atoms with Crippen LogP contribution in [0.25, 0.3) is 0 Å². The molecule has 4 unspecified atom stereocenters. The van der Waals surface area contributed by atoms with Crippen molar-refractivity contribution in [2.45, 2.75) is 129 Å². The Labute approximate surface area is 300 Å². The number of rotatable bonds is 7. The molecule has 2 saturated heterocycles. The predicted octanol–water partition coefficient (Wildman–Crippen LogP) is 3.91. The van der Waals surface area contributed by atoms with Crippen molar-refractivity contribution < 1.29 is 52.6 Å². The third kappa shape index (κ3) is 9.45. The number of cyclic esters (lactones) is 1. The average molecular weight is 726 g/mol. The number of aliphatic hydroxyl groups excluding tert-OH is 2. The second-order valence-corrected chi connectivity index (χ2v) is 14.9. The molecule has 0 radical (unpaired) electrons. The summed E-state index contributed by atoms with van der Waals surface area (Å²) < 4.78 is 53.3. The Balaban J connectivity index is 2.21. The Kier molecular flexibility index (Phi) is 14.6. The molecule has 0 aromatic heterocycles. The monoisotopic (exact) mass is 725 g/mol. The van der Waals surface area contributed by atoms with E-state index < -0.39 is 94.5 Å². The van der Waals surface area contributed by atoms with Crippen LogP contribution >= 0.6 is 0 Å². The van der Waals surface area contributed by atoms with Gasteiger partial charge in [0.05, 0.1) is 35.7 Å². The standard InChI is InChI=1S/C37H57F2N3O9/c1-12-28-37(8,47)32(45)21(4)29(41-40-18-24-25(38)14-13-15-26(24)39)19(2)17-36(7,48-11)33(22(5)30(43)23(6)34(46)50-28)51-35-31(44)27(42(9)10)16-20(3)49-35/h13-15,18-23,27-28,31-33,35,44-45,47H,12,16-17H2,1-11H3/b40-18+,41-29+/t19-,20?,21+,22+,23-,27?,28-,31?,32-,33-,35?,36-,37-/m1/s1. The van der Waals surface area contributed by atoms with Gasteiger partial charge < -0.3 is 39.2 Å². The van der Waals surface area contributed by atoms with Gasteiger partial charge in [-0.3, -0.25) is 9.59 Å². The number of nitrogens with zero attached hydrogens (tertiary/aromatic N) is 3. The number of aliphatic hydroxyl groups is 3. The van der Waals surface area contributed by atoms with Crippen LogP contribution in [0.3, 0.4) is 0 Å². The largest absolute Gasteiger partial charge is 0.459 e. The number of ketones is 1. The van der Waals surface area contributed by atoms with Gasteiger partial charge in [0.25, 0.3) is 0 Å². The van der Waals surface area contributed by atoms with Gasteiger partial charge in [-0.2, -0.15) is 10.2 Å². The second-order valence-electron chi connectivity index (χ2n) is 14.9. The zero-order valence-electron chi connectivity index (χ0n) is 31.7. The van der Waals surface area contributed by atoms with Crippen LogP contribution in [0.5, 0.6) is 0 Å². The summed E-state index contributed by atoms with van der Waals surface area (Å²) in [6.07, 6.45) is -4.83. The van der Waals surface area contributed by atoms with Crippen molar-refractivity contribution in [3.8, 4) is 0 Å². The first-order chi connectivity index (χ1) is 23.7. The third-order valence-electron chi connectivity index (χ3n) is 10.7. The normalized spacial score (nSPS) is 40.1. The number of carbonyl (C=O) groups excluding carboxylic acids is 2. The molecule has 2 heterocycles. The molecule has 0 saturated carbocycles. The molecule has 1 aromatic carbocycles. The number of hydrogen-bond donors (Lipinski definition) is 3. The molecule has 288 valence electrons. The van der Waals surface area contributed by atoms with E-state index in [9.17, 15) is 33.7 Å². The number of ether oxygens (including phenoxy) is 4. The van der Waals surface area contributed by atoms with Gasteiger partial charge in [0.15, 0.2) is 12.1 Å². The number of likely N-dealkylation sites (N-methyl/N-ethyl adjacent to an activating group) is 1. The molecular formula is C37H57F2N3O9. The van der Waals surface area contributed by atoms with Gasteiger partial charge in [-0.1, -0.05) is 33.8 Å². The molecule has 0 bridgehead atoms. The lowest BCUT2D eigenvalue weighted by molar-refractivity contribution is -0.295. The van der Waals surface area contributed by atoms with Gasteiger partial charge in [0.1, 0.15) is 35.4 Å². The van der Waals surface area contributed by atoms with Crippen LogP contribution in [0.15, 0.2) is 28.4 Å². The minimum Gasteiger partial charge on any atom is -0.459 e. The fourth-order valence-corrected chi connectivity index (χ4v) is 7.42. The lowest BCUT2D eigenvalue weighted by Gasteiger charge is -2.47. The molecule has 14 heteroatoms. The fourth-order valence-electron chi connectivity index (χ4n) is 7.42. The summed E-state index contributed by atoms with van der Waals surface area (Å²) >= 11 is 0. The molecule has 2 aliphatic heterocycles. The van der Waals surface area contributed by atoms with E-state index in [0.717, 1.165) is 18.3 Å². The van der Waals surface area contributed by atoms with E-state index in [-0.39, 0.29) is 30.7 Å². The summed E-state index contributed by atoms with van der Waals surface area (Å²) in [6.45, 7) is 13.0. The summed E-state index contributed by atoms with van der Waals surface area (Å²) in [4.78, 5) is 29.5. The highest BCUT2D eigenvalue weighted by molar-refractivity contribution is 6.00. The van der Waals surface area contributed by atoms with Gasteiger partial charge in [-0.15, -0.1) is 0 Å². The summed E-state index contributed by atoms with van der Waals surface area (Å²) in [5.74, 6) is -7.00. The van der Waals surface area contributed by atoms with E-state index in [1.54, 1.807) is 34.6 Å². The van der Waals surface area contributed by atoms with Crippen molar-refractivity contribution in [3.05, 3.63) is 35.4 Å². The van der Waals surface area contributed by atoms with Crippen molar-refractivity contribution in [2.24, 2.45) is 33.9 Å². The molecule has 3 N–H and O–H groups in total. The molecular weight excluding hydrogens is 668 g/mol. The van der Waals surface area contributed by atoms with Crippen LogP contribution in [0, 0.1) is 35.3 Å². The molecule has 1 aromatic rings.